The normalized spacial score (nSPS) is 14.1. The number of carbonyl (C=O) groups is 1. The minimum absolute atomic E-state index is 0.0446. The van der Waals surface area contributed by atoms with Crippen LogP contribution in [0.3, 0.4) is 0 Å². The molecule has 0 aromatic heterocycles. The molecule has 172 valence electrons. The number of nitro benzene ring substituents is 1. The SMILES string of the molecule is CCOc1ccc(CCNC(=O)C2CCN(c3ccccc3[N+](=O)[O-])CC2)cc1OCC. The van der Waals surface area contributed by atoms with Gasteiger partial charge in [0.1, 0.15) is 5.69 Å². The highest BCUT2D eigenvalue weighted by Crippen LogP contribution is 2.31. The van der Waals surface area contributed by atoms with Gasteiger partial charge in [-0.1, -0.05) is 18.2 Å². The molecule has 0 unspecified atom stereocenters. The maximum absolute atomic E-state index is 12.6. The lowest BCUT2D eigenvalue weighted by molar-refractivity contribution is -0.384. The molecule has 0 spiro atoms. The summed E-state index contributed by atoms with van der Waals surface area (Å²) in [6.45, 7) is 6.80. The molecule has 1 N–H and O–H groups in total. The average molecular weight is 442 g/mol. The van der Waals surface area contributed by atoms with Crippen LogP contribution in [0.15, 0.2) is 42.5 Å². The van der Waals surface area contributed by atoms with Crippen molar-refractivity contribution in [2.75, 3.05) is 37.7 Å². The monoisotopic (exact) mass is 441 g/mol. The van der Waals surface area contributed by atoms with Gasteiger partial charge in [0.2, 0.25) is 5.91 Å². The molecule has 2 aromatic rings. The van der Waals surface area contributed by atoms with Crippen molar-refractivity contribution in [2.45, 2.75) is 33.1 Å². The molecule has 1 amide bonds. The fourth-order valence-electron chi connectivity index (χ4n) is 3.99. The maximum atomic E-state index is 12.6. The summed E-state index contributed by atoms with van der Waals surface area (Å²) < 4.78 is 11.3. The van der Waals surface area contributed by atoms with Crippen molar-refractivity contribution in [1.29, 1.82) is 0 Å². The largest absolute Gasteiger partial charge is 0.490 e. The number of hydrogen-bond donors (Lipinski definition) is 1. The van der Waals surface area contributed by atoms with Gasteiger partial charge in [-0.25, -0.2) is 0 Å². The smallest absolute Gasteiger partial charge is 0.292 e. The number of rotatable bonds is 10. The molecule has 1 heterocycles. The highest BCUT2D eigenvalue weighted by molar-refractivity contribution is 5.79. The number of ether oxygens (including phenoxy) is 2. The summed E-state index contributed by atoms with van der Waals surface area (Å²) in [6.07, 6.45) is 2.05. The Hall–Kier alpha value is -3.29. The highest BCUT2D eigenvalue weighted by atomic mass is 16.6. The van der Waals surface area contributed by atoms with Crippen LogP contribution < -0.4 is 19.7 Å². The third kappa shape index (κ3) is 5.90. The second kappa shape index (κ2) is 11.4. The Morgan fingerprint density at radius 3 is 2.47 bits per heavy atom. The van der Waals surface area contributed by atoms with Gasteiger partial charge >= 0.3 is 0 Å². The number of nitrogens with one attached hydrogen (secondary N) is 1. The number of amides is 1. The van der Waals surface area contributed by atoms with E-state index < -0.39 is 0 Å². The molecule has 8 heteroatoms. The number of para-hydroxylation sites is 2. The summed E-state index contributed by atoms with van der Waals surface area (Å²) >= 11 is 0. The van der Waals surface area contributed by atoms with Crippen LogP contribution in [0.1, 0.15) is 32.3 Å². The number of piperidine rings is 1. The van der Waals surface area contributed by atoms with Crippen molar-refractivity contribution in [3.8, 4) is 11.5 Å². The number of nitro groups is 1. The lowest BCUT2D eigenvalue weighted by Crippen LogP contribution is -2.41. The molecular formula is C24H31N3O5. The van der Waals surface area contributed by atoms with Gasteiger partial charge in [-0.2, -0.15) is 0 Å². The van der Waals surface area contributed by atoms with Crippen LogP contribution in [-0.2, 0) is 11.2 Å². The van der Waals surface area contributed by atoms with E-state index in [-0.39, 0.29) is 22.4 Å². The van der Waals surface area contributed by atoms with E-state index in [0.29, 0.717) is 57.8 Å². The van der Waals surface area contributed by atoms with E-state index in [0.717, 1.165) is 17.1 Å². The van der Waals surface area contributed by atoms with E-state index in [1.807, 2.05) is 36.9 Å². The highest BCUT2D eigenvalue weighted by Gasteiger charge is 2.27. The zero-order valence-corrected chi connectivity index (χ0v) is 18.7. The van der Waals surface area contributed by atoms with E-state index in [4.69, 9.17) is 9.47 Å². The van der Waals surface area contributed by atoms with Crippen molar-refractivity contribution in [2.24, 2.45) is 5.92 Å². The van der Waals surface area contributed by atoms with Crippen LogP contribution in [-0.4, -0.2) is 43.7 Å². The Morgan fingerprint density at radius 1 is 1.09 bits per heavy atom. The second-order valence-electron chi connectivity index (χ2n) is 7.70. The zero-order valence-electron chi connectivity index (χ0n) is 18.7. The van der Waals surface area contributed by atoms with Gasteiger partial charge in [0.25, 0.3) is 5.69 Å². The molecule has 0 atom stereocenters. The van der Waals surface area contributed by atoms with Crippen molar-refractivity contribution in [3.63, 3.8) is 0 Å². The van der Waals surface area contributed by atoms with Gasteiger partial charge in [0.15, 0.2) is 11.5 Å². The first-order valence-electron chi connectivity index (χ1n) is 11.2. The molecule has 1 saturated heterocycles. The van der Waals surface area contributed by atoms with Crippen molar-refractivity contribution in [1.82, 2.24) is 5.32 Å². The molecule has 1 aliphatic rings. The summed E-state index contributed by atoms with van der Waals surface area (Å²) in [5.74, 6) is 1.42. The number of hydrogen-bond acceptors (Lipinski definition) is 6. The van der Waals surface area contributed by atoms with Gasteiger partial charge < -0.3 is 19.7 Å². The van der Waals surface area contributed by atoms with Gasteiger partial charge in [-0.15, -0.1) is 0 Å². The van der Waals surface area contributed by atoms with E-state index >= 15 is 0 Å². The van der Waals surface area contributed by atoms with Gasteiger partial charge in [0, 0.05) is 31.6 Å². The molecule has 0 saturated carbocycles. The fraction of sp³-hybridized carbons (Fsp3) is 0.458. The van der Waals surface area contributed by atoms with Gasteiger partial charge in [0.05, 0.1) is 18.1 Å². The lowest BCUT2D eigenvalue weighted by atomic mass is 9.95. The first kappa shape index (κ1) is 23.4. The van der Waals surface area contributed by atoms with Gasteiger partial charge in [-0.05, 0) is 56.9 Å². The number of carbonyl (C=O) groups excluding carboxylic acids is 1. The minimum Gasteiger partial charge on any atom is -0.490 e. The fourth-order valence-corrected chi connectivity index (χ4v) is 3.99. The summed E-state index contributed by atoms with van der Waals surface area (Å²) in [6, 6.07) is 12.6. The predicted octanol–water partition coefficient (Wildman–Crippen LogP) is 3.97. The summed E-state index contributed by atoms with van der Waals surface area (Å²) in [5, 5.41) is 14.3. The molecule has 32 heavy (non-hydrogen) atoms. The Bertz CT molecular complexity index is 926. The first-order chi connectivity index (χ1) is 15.5. The topological polar surface area (TPSA) is 93.9 Å². The van der Waals surface area contributed by atoms with Crippen LogP contribution >= 0.6 is 0 Å². The summed E-state index contributed by atoms with van der Waals surface area (Å²) in [7, 11) is 0. The van der Waals surface area contributed by atoms with Crippen LogP contribution in [0.5, 0.6) is 11.5 Å². The number of benzene rings is 2. The standard InChI is InChI=1S/C24H31N3O5/c1-3-31-22-10-9-18(17-23(22)32-4-2)11-14-25-24(28)19-12-15-26(16-13-19)20-7-5-6-8-21(20)27(29)30/h5-10,17,19H,3-4,11-16H2,1-2H3,(H,25,28). The second-order valence-corrected chi connectivity index (χ2v) is 7.70. The lowest BCUT2D eigenvalue weighted by Gasteiger charge is -2.32. The first-order valence-corrected chi connectivity index (χ1v) is 11.2. The molecule has 0 bridgehead atoms. The third-order valence-corrected chi connectivity index (χ3v) is 5.61. The predicted molar refractivity (Wildman–Crippen MR) is 124 cm³/mol. The Kier molecular flexibility index (Phi) is 8.30. The van der Waals surface area contributed by atoms with E-state index in [1.54, 1.807) is 18.2 Å². The quantitative estimate of drug-likeness (QED) is 0.443. The average Bonchev–Trinajstić information content (AvgIpc) is 2.81. The molecule has 0 radical (unpaired) electrons. The molecule has 3 rings (SSSR count). The Balaban J connectivity index is 1.49. The molecule has 8 nitrogen and oxygen atoms in total. The molecule has 0 aliphatic carbocycles. The van der Waals surface area contributed by atoms with Crippen LogP contribution in [0.25, 0.3) is 0 Å². The Morgan fingerprint density at radius 2 is 1.78 bits per heavy atom. The molecule has 1 fully saturated rings. The summed E-state index contributed by atoms with van der Waals surface area (Å²) in [5.41, 5.74) is 1.80. The van der Waals surface area contributed by atoms with Crippen molar-refractivity contribution < 1.29 is 19.2 Å². The van der Waals surface area contributed by atoms with Crippen LogP contribution in [0, 0.1) is 16.0 Å². The van der Waals surface area contributed by atoms with Gasteiger partial charge in [-0.3, -0.25) is 14.9 Å². The molecule has 1 aliphatic heterocycles. The zero-order chi connectivity index (χ0) is 22.9. The van der Waals surface area contributed by atoms with Crippen molar-refractivity contribution >= 4 is 17.3 Å². The minimum atomic E-state index is -0.355. The van der Waals surface area contributed by atoms with E-state index in [9.17, 15) is 14.9 Å². The molecule has 2 aromatic carbocycles. The number of nitrogens with zero attached hydrogens (tertiary/aromatic N) is 2. The molecular weight excluding hydrogens is 410 g/mol. The number of anilines is 1. The van der Waals surface area contributed by atoms with Crippen molar-refractivity contribution in [3.05, 3.63) is 58.1 Å². The third-order valence-electron chi connectivity index (χ3n) is 5.61. The van der Waals surface area contributed by atoms with E-state index in [2.05, 4.69) is 5.32 Å². The van der Waals surface area contributed by atoms with E-state index in [1.165, 1.54) is 6.07 Å². The summed E-state index contributed by atoms with van der Waals surface area (Å²) in [4.78, 5) is 25.6. The maximum Gasteiger partial charge on any atom is 0.292 e. The van der Waals surface area contributed by atoms with Crippen LogP contribution in [0.4, 0.5) is 11.4 Å². The van der Waals surface area contributed by atoms with Crippen LogP contribution in [0.2, 0.25) is 0 Å². The Labute approximate surface area is 188 Å².